The van der Waals surface area contributed by atoms with Gasteiger partial charge in [0.15, 0.2) is 0 Å². The largest absolute Gasteiger partial charge is 0.378 e. The first-order valence-electron chi connectivity index (χ1n) is 10.9. The number of hydrogen-bond acceptors (Lipinski definition) is 6. The number of nitrogens with zero attached hydrogens (tertiary/aromatic N) is 3. The van der Waals surface area contributed by atoms with Crippen LogP contribution in [0.15, 0.2) is 47.4 Å². The van der Waals surface area contributed by atoms with Crippen molar-refractivity contribution in [1.82, 2.24) is 9.21 Å². The number of rotatable bonds is 5. The Bertz CT molecular complexity index is 1060. The highest BCUT2D eigenvalue weighted by atomic mass is 32.2. The third-order valence-corrected chi connectivity index (χ3v) is 7.95. The van der Waals surface area contributed by atoms with E-state index in [1.54, 1.807) is 12.1 Å². The number of carbonyl (C=O) groups excluding carboxylic acids is 1. The summed E-state index contributed by atoms with van der Waals surface area (Å²) in [6, 6.07) is 12.4. The summed E-state index contributed by atoms with van der Waals surface area (Å²) in [6.07, 6.45) is 0. The maximum absolute atomic E-state index is 13.1. The highest BCUT2D eigenvalue weighted by Crippen LogP contribution is 2.23. The van der Waals surface area contributed by atoms with Gasteiger partial charge in [-0.15, -0.1) is 0 Å². The second kappa shape index (κ2) is 9.58. The van der Waals surface area contributed by atoms with Crippen molar-refractivity contribution in [1.29, 1.82) is 0 Å². The minimum Gasteiger partial charge on any atom is -0.378 e. The lowest BCUT2D eigenvalue weighted by atomic mass is 10.1. The van der Waals surface area contributed by atoms with Crippen LogP contribution in [0.25, 0.3) is 0 Å². The van der Waals surface area contributed by atoms with E-state index in [2.05, 4.69) is 15.1 Å². The highest BCUT2D eigenvalue weighted by Gasteiger charge is 2.28. The number of piperazine rings is 1. The van der Waals surface area contributed by atoms with Crippen molar-refractivity contribution in [3.8, 4) is 0 Å². The molecule has 4 rings (SSSR count). The van der Waals surface area contributed by atoms with Crippen LogP contribution in [0.1, 0.15) is 15.9 Å². The van der Waals surface area contributed by atoms with Gasteiger partial charge in [-0.3, -0.25) is 4.79 Å². The molecule has 0 spiro atoms. The van der Waals surface area contributed by atoms with Gasteiger partial charge in [-0.2, -0.15) is 4.31 Å². The van der Waals surface area contributed by atoms with E-state index >= 15 is 0 Å². The summed E-state index contributed by atoms with van der Waals surface area (Å²) in [5.74, 6) is -0.322. The quantitative estimate of drug-likeness (QED) is 0.738. The second-order valence-electron chi connectivity index (χ2n) is 8.28. The van der Waals surface area contributed by atoms with Crippen molar-refractivity contribution < 1.29 is 17.9 Å². The first-order chi connectivity index (χ1) is 15.3. The lowest BCUT2D eigenvalue weighted by Gasteiger charge is -2.31. The zero-order valence-electron chi connectivity index (χ0n) is 18.6. The maximum atomic E-state index is 13.1. The molecule has 0 aliphatic carbocycles. The summed E-state index contributed by atoms with van der Waals surface area (Å²) < 4.78 is 33.1. The topological polar surface area (TPSA) is 82.2 Å². The number of hydrogen-bond donors (Lipinski definition) is 1. The van der Waals surface area contributed by atoms with E-state index in [1.807, 2.05) is 38.2 Å². The van der Waals surface area contributed by atoms with Gasteiger partial charge in [0.05, 0.1) is 18.1 Å². The molecule has 8 nitrogen and oxygen atoms in total. The fourth-order valence-corrected chi connectivity index (χ4v) is 5.41. The molecule has 2 heterocycles. The van der Waals surface area contributed by atoms with Crippen LogP contribution in [-0.4, -0.2) is 83.1 Å². The second-order valence-corrected chi connectivity index (χ2v) is 10.2. The molecule has 9 heteroatoms. The van der Waals surface area contributed by atoms with E-state index in [0.29, 0.717) is 50.6 Å². The summed E-state index contributed by atoms with van der Waals surface area (Å²) in [6.45, 7) is 7.21. The molecule has 0 radical (unpaired) electrons. The van der Waals surface area contributed by atoms with Crippen molar-refractivity contribution in [3.05, 3.63) is 53.6 Å². The number of likely N-dealkylation sites (N-methyl/N-ethyl adjacent to an activating group) is 1. The Morgan fingerprint density at radius 1 is 0.938 bits per heavy atom. The van der Waals surface area contributed by atoms with Crippen molar-refractivity contribution in [2.75, 3.05) is 69.7 Å². The molecule has 0 saturated carbocycles. The van der Waals surface area contributed by atoms with Crippen LogP contribution in [0, 0.1) is 6.92 Å². The average molecular weight is 459 g/mol. The predicted octanol–water partition coefficient (Wildman–Crippen LogP) is 2.02. The normalized spacial score (nSPS) is 18.5. The van der Waals surface area contributed by atoms with Gasteiger partial charge in [0.2, 0.25) is 10.0 Å². The van der Waals surface area contributed by atoms with Crippen LogP contribution in [0.3, 0.4) is 0 Å². The molecule has 1 amide bonds. The van der Waals surface area contributed by atoms with E-state index in [0.717, 1.165) is 24.3 Å². The number of morpholine rings is 1. The Kier molecular flexibility index (Phi) is 6.80. The van der Waals surface area contributed by atoms with Crippen molar-refractivity contribution in [2.45, 2.75) is 11.8 Å². The Labute approximate surface area is 189 Å². The number of amides is 1. The molecule has 2 fully saturated rings. The summed E-state index contributed by atoms with van der Waals surface area (Å²) in [5, 5.41) is 2.90. The molecule has 172 valence electrons. The molecule has 0 atom stereocenters. The van der Waals surface area contributed by atoms with Crippen LogP contribution in [-0.2, 0) is 14.8 Å². The molecule has 0 aromatic heterocycles. The smallest absolute Gasteiger partial charge is 0.255 e. The molecule has 0 bridgehead atoms. The predicted molar refractivity (Wildman–Crippen MR) is 125 cm³/mol. The first kappa shape index (κ1) is 22.7. The number of carbonyl (C=O) groups is 1. The van der Waals surface area contributed by atoms with Crippen molar-refractivity contribution >= 4 is 27.3 Å². The van der Waals surface area contributed by atoms with E-state index in [9.17, 15) is 13.2 Å². The molecule has 2 aliphatic rings. The maximum Gasteiger partial charge on any atom is 0.255 e. The third kappa shape index (κ3) is 4.96. The molecular weight excluding hydrogens is 428 g/mol. The van der Waals surface area contributed by atoms with Crippen LogP contribution in [0.5, 0.6) is 0 Å². The number of aryl methyl sites for hydroxylation is 1. The van der Waals surface area contributed by atoms with Gasteiger partial charge in [-0.25, -0.2) is 8.42 Å². The standard InChI is InChI=1S/C23H30N4O4S/c1-18-3-8-21(32(29,30)27-11-9-25(2)10-12-27)17-22(18)23(28)24-19-4-6-20(7-5-19)26-13-15-31-16-14-26/h3-8,17H,9-16H2,1-2H3,(H,24,28). The summed E-state index contributed by atoms with van der Waals surface area (Å²) in [7, 11) is -1.66. The van der Waals surface area contributed by atoms with E-state index in [1.165, 1.54) is 10.4 Å². The fraction of sp³-hybridized carbons (Fsp3) is 0.435. The molecule has 0 unspecified atom stereocenters. The van der Waals surface area contributed by atoms with Gasteiger partial charge >= 0.3 is 0 Å². The molecule has 32 heavy (non-hydrogen) atoms. The molecule has 2 aromatic rings. The van der Waals surface area contributed by atoms with E-state index in [4.69, 9.17) is 4.74 Å². The van der Waals surface area contributed by atoms with Crippen LogP contribution < -0.4 is 10.2 Å². The van der Waals surface area contributed by atoms with E-state index in [-0.39, 0.29) is 10.8 Å². The third-order valence-electron chi connectivity index (χ3n) is 6.06. The number of nitrogens with one attached hydrogen (secondary N) is 1. The molecular formula is C23H30N4O4S. The van der Waals surface area contributed by atoms with Gasteiger partial charge in [-0.1, -0.05) is 6.07 Å². The minimum absolute atomic E-state index is 0.153. The number of anilines is 2. The molecule has 2 aliphatic heterocycles. The summed E-state index contributed by atoms with van der Waals surface area (Å²) in [5.41, 5.74) is 2.84. The van der Waals surface area contributed by atoms with Crippen molar-refractivity contribution in [3.63, 3.8) is 0 Å². The number of sulfonamides is 1. The summed E-state index contributed by atoms with van der Waals surface area (Å²) in [4.78, 5) is 17.5. The monoisotopic (exact) mass is 458 g/mol. The molecule has 1 N–H and O–H groups in total. The molecule has 2 saturated heterocycles. The van der Waals surface area contributed by atoms with Crippen LogP contribution >= 0.6 is 0 Å². The zero-order chi connectivity index (χ0) is 22.7. The Balaban J connectivity index is 1.49. The van der Waals surface area contributed by atoms with Gasteiger partial charge < -0.3 is 19.9 Å². The Hall–Kier alpha value is -2.46. The van der Waals surface area contributed by atoms with Crippen LogP contribution in [0.4, 0.5) is 11.4 Å². The summed E-state index contributed by atoms with van der Waals surface area (Å²) >= 11 is 0. The SMILES string of the molecule is Cc1ccc(S(=O)(=O)N2CCN(C)CC2)cc1C(=O)Nc1ccc(N2CCOCC2)cc1. The lowest BCUT2D eigenvalue weighted by molar-refractivity contribution is 0.102. The van der Waals surface area contributed by atoms with Crippen molar-refractivity contribution in [2.24, 2.45) is 0 Å². The Morgan fingerprint density at radius 2 is 1.59 bits per heavy atom. The average Bonchev–Trinajstić information content (AvgIpc) is 2.80. The molecule has 2 aromatic carbocycles. The minimum atomic E-state index is -3.64. The first-order valence-corrected chi connectivity index (χ1v) is 12.3. The zero-order valence-corrected chi connectivity index (χ0v) is 19.4. The van der Waals surface area contributed by atoms with Crippen LogP contribution in [0.2, 0.25) is 0 Å². The Morgan fingerprint density at radius 3 is 2.25 bits per heavy atom. The van der Waals surface area contributed by atoms with E-state index < -0.39 is 10.0 Å². The number of ether oxygens (including phenoxy) is 1. The van der Waals surface area contributed by atoms with Gasteiger partial charge in [0.1, 0.15) is 0 Å². The number of benzene rings is 2. The lowest BCUT2D eigenvalue weighted by Crippen LogP contribution is -2.47. The van der Waals surface area contributed by atoms with Gasteiger partial charge in [0, 0.05) is 56.2 Å². The van der Waals surface area contributed by atoms with Gasteiger partial charge in [0.25, 0.3) is 5.91 Å². The van der Waals surface area contributed by atoms with Gasteiger partial charge in [-0.05, 0) is 55.9 Å². The highest BCUT2D eigenvalue weighted by molar-refractivity contribution is 7.89. The fourth-order valence-electron chi connectivity index (χ4n) is 3.96.